The van der Waals surface area contributed by atoms with E-state index in [0.29, 0.717) is 17.5 Å². The van der Waals surface area contributed by atoms with Crippen LogP contribution in [0, 0.1) is 5.92 Å². The van der Waals surface area contributed by atoms with Gasteiger partial charge in [-0.25, -0.2) is 23.1 Å². The highest BCUT2D eigenvalue weighted by Crippen LogP contribution is 2.37. The van der Waals surface area contributed by atoms with Gasteiger partial charge < -0.3 is 20.9 Å². The monoisotopic (exact) mass is 786 g/mol. The number of fused-ring (bicyclic) bond motifs is 2. The standard InChI is InChI=1S/C38H44F2N12O5/c1-47(22-12-15-49(16-13-22)27-4-3-5-28-32(27)48(2)38(57)52(28)29-10-11-30(53)45-37(29)56)19-21-6-8-23(9-7-21)51-20-26(31(46-51)33(39)40)44-36(55)24-18-42-50-17-14-25(34(41)54)43-35(24)50/h3-5,14,17-18,20-23,29,33H,6-13,15-16,19H2,1-2H3,(H2,41,54)(H,44,55)(H,45,53,56). The lowest BCUT2D eigenvalue weighted by Crippen LogP contribution is -2.45. The predicted molar refractivity (Wildman–Crippen MR) is 204 cm³/mol. The normalized spacial score (nSPS) is 20.9. The molecule has 2 aliphatic heterocycles. The van der Waals surface area contributed by atoms with Crippen molar-refractivity contribution in [2.75, 3.05) is 36.9 Å². The Labute approximate surface area is 324 Å². The predicted octanol–water partition coefficient (Wildman–Crippen LogP) is 3.18. The lowest BCUT2D eigenvalue weighted by atomic mass is 9.85. The van der Waals surface area contributed by atoms with Crippen molar-refractivity contribution < 1.29 is 28.0 Å². The number of amides is 4. The zero-order valence-electron chi connectivity index (χ0n) is 31.6. The number of aromatic nitrogens is 7. The molecule has 1 saturated carbocycles. The number of benzene rings is 1. The van der Waals surface area contributed by atoms with E-state index in [1.54, 1.807) is 16.3 Å². The maximum atomic E-state index is 14.1. The van der Waals surface area contributed by atoms with Crippen LogP contribution in [-0.4, -0.2) is 94.8 Å². The van der Waals surface area contributed by atoms with Crippen LogP contribution in [0.2, 0.25) is 0 Å². The average molecular weight is 787 g/mol. The number of para-hydroxylation sites is 1. The number of nitrogens with two attached hydrogens (primary N) is 1. The van der Waals surface area contributed by atoms with E-state index in [1.165, 1.54) is 33.7 Å². The second-order valence-corrected chi connectivity index (χ2v) is 15.3. The summed E-state index contributed by atoms with van der Waals surface area (Å²) in [5.74, 6) is -1.85. The number of imide groups is 1. The van der Waals surface area contributed by atoms with Crippen molar-refractivity contribution in [1.29, 1.82) is 0 Å². The summed E-state index contributed by atoms with van der Waals surface area (Å²) in [7, 11) is 3.88. The minimum atomic E-state index is -2.92. The number of rotatable bonds is 10. The molecule has 2 saturated heterocycles. The number of nitrogens with one attached hydrogen (secondary N) is 2. The van der Waals surface area contributed by atoms with Crippen molar-refractivity contribution in [3.63, 3.8) is 0 Å². The van der Waals surface area contributed by atoms with Crippen molar-refractivity contribution in [2.45, 2.75) is 75.9 Å². The third-order valence-electron chi connectivity index (χ3n) is 11.8. The largest absolute Gasteiger partial charge is 0.370 e. The summed E-state index contributed by atoms with van der Waals surface area (Å²) in [6.07, 6.45) is 6.85. The topological polar surface area (TPSA) is 200 Å². The van der Waals surface area contributed by atoms with Gasteiger partial charge in [0, 0.05) is 51.5 Å². The SMILES string of the molecule is CN(CC1CCC(n2cc(NC(=O)c3cnn4ccc(C(N)=O)nc34)c(C(F)F)n2)CC1)C1CCN(c2cccc3c2n(C)c(=O)n3C2CCC(=O)NC2=O)CC1. The van der Waals surface area contributed by atoms with Gasteiger partial charge in [0.05, 0.1) is 34.6 Å². The minimum absolute atomic E-state index is 0.00703. The molecular formula is C38H44F2N12O5. The molecule has 57 heavy (non-hydrogen) atoms. The van der Waals surface area contributed by atoms with Gasteiger partial charge in [0.25, 0.3) is 18.2 Å². The molecule has 4 N–H and O–H groups in total. The van der Waals surface area contributed by atoms with Crippen molar-refractivity contribution in [3.8, 4) is 0 Å². The first kappa shape index (κ1) is 37.9. The molecule has 3 aliphatic rings. The molecule has 1 aromatic carbocycles. The number of nitrogens with zero attached hydrogens (tertiary/aromatic N) is 9. The number of primary amides is 1. The molecule has 1 aliphatic carbocycles. The lowest BCUT2D eigenvalue weighted by molar-refractivity contribution is -0.135. The number of anilines is 2. The fourth-order valence-electron chi connectivity index (χ4n) is 8.80. The van der Waals surface area contributed by atoms with Crippen LogP contribution in [0.25, 0.3) is 16.7 Å². The van der Waals surface area contributed by atoms with E-state index in [1.807, 2.05) is 18.2 Å². The van der Waals surface area contributed by atoms with Crippen molar-refractivity contribution in [3.05, 3.63) is 70.3 Å². The zero-order chi connectivity index (χ0) is 40.1. The van der Waals surface area contributed by atoms with Crippen LogP contribution in [-0.2, 0) is 16.6 Å². The molecule has 0 bridgehead atoms. The highest BCUT2D eigenvalue weighted by Gasteiger charge is 2.34. The van der Waals surface area contributed by atoms with Gasteiger partial charge in [0.2, 0.25) is 11.8 Å². The van der Waals surface area contributed by atoms with E-state index in [0.717, 1.165) is 69.4 Å². The summed E-state index contributed by atoms with van der Waals surface area (Å²) in [6, 6.07) is 6.67. The van der Waals surface area contributed by atoms with Crippen molar-refractivity contribution in [1.82, 2.24) is 43.7 Å². The number of imidazole rings is 1. The van der Waals surface area contributed by atoms with E-state index >= 15 is 0 Å². The van der Waals surface area contributed by atoms with Crippen LogP contribution >= 0.6 is 0 Å². The van der Waals surface area contributed by atoms with Crippen LogP contribution in [0.1, 0.15) is 96.4 Å². The molecule has 6 heterocycles. The Morgan fingerprint density at radius 3 is 2.51 bits per heavy atom. The van der Waals surface area contributed by atoms with Crippen LogP contribution in [0.5, 0.6) is 0 Å². The number of alkyl halides is 2. The van der Waals surface area contributed by atoms with Gasteiger partial charge in [-0.15, -0.1) is 0 Å². The number of aryl methyl sites for hydroxylation is 1. The Morgan fingerprint density at radius 1 is 1.05 bits per heavy atom. The molecule has 0 radical (unpaired) electrons. The number of hydrogen-bond acceptors (Lipinski definition) is 10. The number of carbonyl (C=O) groups excluding carboxylic acids is 4. The summed E-state index contributed by atoms with van der Waals surface area (Å²) in [6.45, 7) is 2.50. The van der Waals surface area contributed by atoms with Gasteiger partial charge in [-0.1, -0.05) is 6.07 Å². The van der Waals surface area contributed by atoms with Crippen molar-refractivity contribution in [2.24, 2.45) is 18.7 Å². The van der Waals surface area contributed by atoms with Gasteiger partial charge in [-0.05, 0) is 76.1 Å². The van der Waals surface area contributed by atoms with Gasteiger partial charge in [0.1, 0.15) is 17.3 Å². The lowest BCUT2D eigenvalue weighted by Gasteiger charge is -2.40. The van der Waals surface area contributed by atoms with E-state index in [9.17, 15) is 32.8 Å². The molecule has 1 atom stereocenters. The molecule has 5 aromatic rings. The van der Waals surface area contributed by atoms with E-state index < -0.39 is 35.9 Å². The first-order chi connectivity index (χ1) is 27.4. The summed E-state index contributed by atoms with van der Waals surface area (Å²) in [5, 5.41) is 13.2. The molecule has 19 heteroatoms. The van der Waals surface area contributed by atoms with Crippen molar-refractivity contribution >= 4 is 51.7 Å². The number of hydrogen-bond donors (Lipinski definition) is 3. The second-order valence-electron chi connectivity index (χ2n) is 15.3. The molecule has 4 amide bonds. The summed E-state index contributed by atoms with van der Waals surface area (Å²) in [5.41, 5.74) is 6.81. The number of halogens is 2. The summed E-state index contributed by atoms with van der Waals surface area (Å²) >= 11 is 0. The molecule has 8 rings (SSSR count). The molecule has 3 fully saturated rings. The molecule has 4 aromatic heterocycles. The van der Waals surface area contributed by atoms with E-state index in [-0.39, 0.29) is 53.1 Å². The zero-order valence-corrected chi connectivity index (χ0v) is 31.6. The number of carbonyl (C=O) groups is 4. The summed E-state index contributed by atoms with van der Waals surface area (Å²) < 4.78 is 34.2. The molecule has 0 spiro atoms. The smallest absolute Gasteiger partial charge is 0.329 e. The average Bonchev–Trinajstić information content (AvgIpc) is 3.89. The fourth-order valence-corrected chi connectivity index (χ4v) is 8.80. The quantitative estimate of drug-likeness (QED) is 0.177. The highest BCUT2D eigenvalue weighted by molar-refractivity contribution is 6.08. The number of piperidine rings is 2. The Morgan fingerprint density at radius 2 is 1.81 bits per heavy atom. The summed E-state index contributed by atoms with van der Waals surface area (Å²) in [4.78, 5) is 71.6. The molecule has 300 valence electrons. The van der Waals surface area contributed by atoms with Gasteiger partial charge in [-0.2, -0.15) is 10.2 Å². The third kappa shape index (κ3) is 7.15. The van der Waals surface area contributed by atoms with Gasteiger partial charge in [0.15, 0.2) is 11.3 Å². The van der Waals surface area contributed by atoms with E-state index in [2.05, 4.69) is 42.7 Å². The first-order valence-corrected chi connectivity index (χ1v) is 19.2. The maximum absolute atomic E-state index is 14.1. The first-order valence-electron chi connectivity index (χ1n) is 19.2. The van der Waals surface area contributed by atoms with Crippen LogP contribution in [0.4, 0.5) is 20.2 Å². The maximum Gasteiger partial charge on any atom is 0.329 e. The van der Waals surface area contributed by atoms with Crippen LogP contribution in [0.3, 0.4) is 0 Å². The minimum Gasteiger partial charge on any atom is -0.370 e. The Bertz CT molecular complexity index is 2440. The van der Waals surface area contributed by atoms with Crippen LogP contribution < -0.4 is 27.0 Å². The Kier molecular flexibility index (Phi) is 10.1. The molecule has 17 nitrogen and oxygen atoms in total. The third-order valence-corrected chi connectivity index (χ3v) is 11.8. The van der Waals surface area contributed by atoms with E-state index in [4.69, 9.17) is 5.73 Å². The molecule has 1 unspecified atom stereocenters. The van der Waals surface area contributed by atoms with Gasteiger partial charge >= 0.3 is 5.69 Å². The Hall–Kier alpha value is -5.98. The molecular weight excluding hydrogens is 742 g/mol. The van der Waals surface area contributed by atoms with Crippen LogP contribution in [0.15, 0.2) is 47.7 Å². The second kappa shape index (κ2) is 15.2. The Balaban J connectivity index is 0.870. The van der Waals surface area contributed by atoms with Gasteiger partial charge in [-0.3, -0.25) is 38.3 Å². The fraction of sp³-hybridized carbons (Fsp3) is 0.474. The highest BCUT2D eigenvalue weighted by atomic mass is 19.3.